The van der Waals surface area contributed by atoms with E-state index in [1.54, 1.807) is 0 Å². The number of H-pyrrole nitrogens is 1. The average molecular weight is 376 g/mol. The summed E-state index contributed by atoms with van der Waals surface area (Å²) >= 11 is 0. The van der Waals surface area contributed by atoms with Gasteiger partial charge in [-0.05, 0) is 51.0 Å². The number of allylic oxidation sites excluding steroid dienone is 2. The maximum Gasteiger partial charge on any atom is 0.256 e. The second-order valence-electron chi connectivity index (χ2n) is 6.51. The van der Waals surface area contributed by atoms with Crippen molar-refractivity contribution in [3.05, 3.63) is 82.8 Å². The molecule has 0 aliphatic carbocycles. The average Bonchev–Trinajstić information content (AvgIpc) is 3.10. The SMILES string of the molecule is C=C(/C(=C\C)NC(=O)c1c(C)cc(C)cc1C)c1nc2ccccc2[nH]1.CC. The molecule has 4 heteroatoms. The summed E-state index contributed by atoms with van der Waals surface area (Å²) in [5.41, 5.74) is 6.88. The minimum atomic E-state index is -0.134. The Balaban J connectivity index is 0.00000136. The third-order valence-corrected chi connectivity index (χ3v) is 4.44. The van der Waals surface area contributed by atoms with Crippen LogP contribution in [0.2, 0.25) is 0 Å². The number of nitrogens with one attached hydrogen (secondary N) is 2. The Kier molecular flexibility index (Phi) is 6.94. The number of benzene rings is 2. The molecule has 0 radical (unpaired) electrons. The van der Waals surface area contributed by atoms with Crippen LogP contribution in [-0.4, -0.2) is 15.9 Å². The molecule has 3 aromatic rings. The van der Waals surface area contributed by atoms with Gasteiger partial charge in [0.15, 0.2) is 0 Å². The summed E-state index contributed by atoms with van der Waals surface area (Å²) in [6.07, 6.45) is 1.84. The van der Waals surface area contributed by atoms with E-state index in [4.69, 9.17) is 0 Å². The van der Waals surface area contributed by atoms with E-state index in [0.717, 1.165) is 27.7 Å². The van der Waals surface area contributed by atoms with E-state index in [9.17, 15) is 4.79 Å². The highest BCUT2D eigenvalue weighted by Gasteiger charge is 2.17. The number of aryl methyl sites for hydroxylation is 3. The zero-order chi connectivity index (χ0) is 20.8. The maximum atomic E-state index is 12.9. The van der Waals surface area contributed by atoms with Crippen LogP contribution in [0.25, 0.3) is 16.6 Å². The van der Waals surface area contributed by atoms with Crippen LogP contribution in [0.4, 0.5) is 0 Å². The summed E-state index contributed by atoms with van der Waals surface area (Å²) in [5.74, 6) is 0.516. The molecule has 0 fully saturated rings. The van der Waals surface area contributed by atoms with Crippen molar-refractivity contribution in [3.63, 3.8) is 0 Å². The largest absolute Gasteiger partial charge is 0.338 e. The molecule has 0 atom stereocenters. The molecule has 3 rings (SSSR count). The van der Waals surface area contributed by atoms with Crippen LogP contribution < -0.4 is 5.32 Å². The quantitative estimate of drug-likeness (QED) is 0.561. The van der Waals surface area contributed by atoms with Gasteiger partial charge in [0.25, 0.3) is 5.91 Å². The molecule has 2 N–H and O–H groups in total. The number of carbonyl (C=O) groups is 1. The number of rotatable bonds is 4. The Morgan fingerprint density at radius 1 is 1.11 bits per heavy atom. The van der Waals surface area contributed by atoms with Crippen LogP contribution in [0.5, 0.6) is 0 Å². The highest BCUT2D eigenvalue weighted by Crippen LogP contribution is 2.22. The van der Waals surface area contributed by atoms with Gasteiger partial charge in [0.1, 0.15) is 5.82 Å². The second kappa shape index (κ2) is 9.18. The number of aromatic nitrogens is 2. The number of nitrogens with zero attached hydrogens (tertiary/aromatic N) is 1. The number of imidazole rings is 1. The van der Waals surface area contributed by atoms with Crippen LogP contribution >= 0.6 is 0 Å². The van der Waals surface area contributed by atoms with Crippen molar-refractivity contribution in [2.24, 2.45) is 0 Å². The van der Waals surface area contributed by atoms with Crippen LogP contribution in [0.3, 0.4) is 0 Å². The van der Waals surface area contributed by atoms with E-state index in [1.165, 1.54) is 0 Å². The molecule has 0 saturated carbocycles. The lowest BCUT2D eigenvalue weighted by Gasteiger charge is -2.14. The number of hydrogen-bond donors (Lipinski definition) is 2. The molecule has 0 aliphatic rings. The predicted molar refractivity (Wildman–Crippen MR) is 118 cm³/mol. The van der Waals surface area contributed by atoms with Gasteiger partial charge in [-0.2, -0.15) is 0 Å². The maximum absolute atomic E-state index is 12.9. The standard InChI is InChI=1S/C22H23N3O.C2H6/c1-6-17(16(5)21-23-18-9-7-8-10-19(18)24-21)25-22(26)20-14(3)11-13(2)12-15(20)4;1-2/h6-12H,5H2,1-4H3,(H,23,24)(H,25,26);1-2H3/b17-6+;. The van der Waals surface area contributed by atoms with Crippen molar-refractivity contribution >= 4 is 22.5 Å². The van der Waals surface area contributed by atoms with Gasteiger partial charge in [-0.1, -0.05) is 56.3 Å². The fraction of sp³-hybridized carbons (Fsp3) is 0.250. The summed E-state index contributed by atoms with van der Waals surface area (Å²) in [6.45, 7) is 15.9. The lowest BCUT2D eigenvalue weighted by Crippen LogP contribution is -2.25. The Hall–Kier alpha value is -3.14. The van der Waals surface area contributed by atoms with E-state index in [0.29, 0.717) is 22.7 Å². The monoisotopic (exact) mass is 375 g/mol. The molecular weight excluding hydrogens is 346 g/mol. The first-order chi connectivity index (χ1) is 13.4. The summed E-state index contributed by atoms with van der Waals surface area (Å²) in [6, 6.07) is 11.8. The van der Waals surface area contributed by atoms with Gasteiger partial charge in [0, 0.05) is 16.8 Å². The number of fused-ring (bicyclic) bond motifs is 1. The van der Waals surface area contributed by atoms with E-state index < -0.39 is 0 Å². The van der Waals surface area contributed by atoms with Gasteiger partial charge in [-0.3, -0.25) is 4.79 Å². The van der Waals surface area contributed by atoms with E-state index in [2.05, 4.69) is 21.9 Å². The first-order valence-electron chi connectivity index (χ1n) is 9.60. The van der Waals surface area contributed by atoms with E-state index in [-0.39, 0.29) is 5.91 Å². The van der Waals surface area contributed by atoms with Crippen molar-refractivity contribution in [1.29, 1.82) is 0 Å². The minimum absolute atomic E-state index is 0.134. The number of para-hydroxylation sites is 2. The second-order valence-corrected chi connectivity index (χ2v) is 6.51. The molecule has 28 heavy (non-hydrogen) atoms. The fourth-order valence-electron chi connectivity index (χ4n) is 3.27. The molecule has 1 amide bonds. The molecule has 0 spiro atoms. The van der Waals surface area contributed by atoms with Gasteiger partial charge in [0.2, 0.25) is 0 Å². The van der Waals surface area contributed by atoms with Crippen molar-refractivity contribution in [1.82, 2.24) is 15.3 Å². The zero-order valence-corrected chi connectivity index (χ0v) is 17.6. The van der Waals surface area contributed by atoms with Crippen molar-refractivity contribution in [3.8, 4) is 0 Å². The molecular formula is C24H29N3O. The molecule has 146 valence electrons. The smallest absolute Gasteiger partial charge is 0.256 e. The molecule has 0 bridgehead atoms. The minimum Gasteiger partial charge on any atom is -0.338 e. The highest BCUT2D eigenvalue weighted by molar-refractivity contribution is 6.00. The van der Waals surface area contributed by atoms with Crippen LogP contribution in [0.1, 0.15) is 53.6 Å². The first-order valence-corrected chi connectivity index (χ1v) is 9.60. The van der Waals surface area contributed by atoms with Gasteiger partial charge < -0.3 is 10.3 Å². The Morgan fingerprint density at radius 2 is 1.71 bits per heavy atom. The predicted octanol–water partition coefficient (Wildman–Crippen LogP) is 5.86. The van der Waals surface area contributed by atoms with Crippen LogP contribution in [-0.2, 0) is 0 Å². The Bertz CT molecular complexity index is 985. The summed E-state index contributed by atoms with van der Waals surface area (Å²) in [5, 5.41) is 2.99. The zero-order valence-electron chi connectivity index (χ0n) is 17.6. The van der Waals surface area contributed by atoms with Gasteiger partial charge in [0.05, 0.1) is 11.0 Å². The third-order valence-electron chi connectivity index (χ3n) is 4.44. The molecule has 2 aromatic carbocycles. The molecule has 1 aromatic heterocycles. The molecule has 0 aliphatic heterocycles. The molecule has 0 saturated heterocycles. The lowest BCUT2D eigenvalue weighted by atomic mass is 9.99. The van der Waals surface area contributed by atoms with E-state index >= 15 is 0 Å². The fourth-order valence-corrected chi connectivity index (χ4v) is 3.27. The summed E-state index contributed by atoms with van der Waals surface area (Å²) in [7, 11) is 0. The number of aromatic amines is 1. The summed E-state index contributed by atoms with van der Waals surface area (Å²) < 4.78 is 0. The van der Waals surface area contributed by atoms with E-state index in [1.807, 2.05) is 84.0 Å². The molecule has 4 nitrogen and oxygen atoms in total. The number of carbonyl (C=O) groups excluding carboxylic acids is 1. The van der Waals surface area contributed by atoms with Gasteiger partial charge >= 0.3 is 0 Å². The number of hydrogen-bond acceptors (Lipinski definition) is 2. The number of amides is 1. The lowest BCUT2D eigenvalue weighted by molar-refractivity contribution is 0.0966. The molecule has 0 unspecified atom stereocenters. The van der Waals surface area contributed by atoms with Crippen LogP contribution in [0, 0.1) is 20.8 Å². The van der Waals surface area contributed by atoms with Crippen molar-refractivity contribution < 1.29 is 4.79 Å². The normalized spacial score (nSPS) is 11.0. The van der Waals surface area contributed by atoms with Crippen LogP contribution in [0.15, 0.2) is 54.8 Å². The summed E-state index contributed by atoms with van der Waals surface area (Å²) in [4.78, 5) is 20.7. The van der Waals surface area contributed by atoms with Crippen molar-refractivity contribution in [2.75, 3.05) is 0 Å². The van der Waals surface area contributed by atoms with Gasteiger partial charge in [-0.15, -0.1) is 0 Å². The first kappa shape index (κ1) is 21.2. The van der Waals surface area contributed by atoms with Gasteiger partial charge in [-0.25, -0.2) is 4.98 Å². The Morgan fingerprint density at radius 3 is 2.29 bits per heavy atom. The Labute approximate surface area is 167 Å². The third kappa shape index (κ3) is 4.39. The highest BCUT2D eigenvalue weighted by atomic mass is 16.1. The topological polar surface area (TPSA) is 57.8 Å². The molecule has 1 heterocycles. The van der Waals surface area contributed by atoms with Crippen molar-refractivity contribution in [2.45, 2.75) is 41.5 Å².